The Balaban J connectivity index is 1.33. The number of nitrogens with zero attached hydrogens (tertiary/aromatic N) is 2. The van der Waals surface area contributed by atoms with Gasteiger partial charge in [0.25, 0.3) is 6.71 Å². The maximum absolute atomic E-state index is 8.68. The van der Waals surface area contributed by atoms with Crippen LogP contribution >= 0.6 is 11.3 Å². The van der Waals surface area contributed by atoms with E-state index < -0.39 is 5.41 Å². The SMILES string of the molecule is [2H]c1cc(C(C)(C)c2ccc3c(c2)B2c4sc5c(c4N(c4ccc(C(C)(C)C)cc4)c4cc(C)cc(c42)N3c2ccc(C(C)(C)C)cc2-c2ccccc2)C(C)(C)CCC5(C)C)cc([2H])c1[2H]. The lowest BCUT2D eigenvalue weighted by atomic mass is 9.35. The number of aryl methyl sites for hydroxylation is 1. The van der Waals surface area contributed by atoms with Gasteiger partial charge in [0.05, 0.1) is 15.5 Å². The summed E-state index contributed by atoms with van der Waals surface area (Å²) in [6, 6.07) is 43.1. The van der Waals surface area contributed by atoms with Crippen molar-refractivity contribution in [1.82, 2.24) is 0 Å². The number of hydrogen-bond donors (Lipinski definition) is 0. The van der Waals surface area contributed by atoms with Crippen LogP contribution in [0.1, 0.15) is 138 Å². The van der Waals surface area contributed by atoms with E-state index in [4.69, 9.17) is 4.11 Å². The normalized spacial score (nSPS) is 16.9. The van der Waals surface area contributed by atoms with Crippen LogP contribution < -0.4 is 25.5 Å². The third-order valence-electron chi connectivity index (χ3n) is 14.9. The topological polar surface area (TPSA) is 6.48 Å². The molecular weight excluding hydrogens is 792 g/mol. The Kier molecular flexibility index (Phi) is 8.91. The van der Waals surface area contributed by atoms with Crippen LogP contribution in [0.5, 0.6) is 0 Å². The maximum Gasteiger partial charge on any atom is 0.264 e. The lowest BCUT2D eigenvalue weighted by molar-refractivity contribution is 0.339. The minimum atomic E-state index is -0.559. The highest BCUT2D eigenvalue weighted by atomic mass is 32.1. The molecule has 0 unspecified atom stereocenters. The number of fused-ring (bicyclic) bond motifs is 6. The van der Waals surface area contributed by atoms with E-state index >= 15 is 0 Å². The third kappa shape index (κ3) is 6.72. The van der Waals surface area contributed by atoms with Crippen molar-refractivity contribution in [3.8, 4) is 11.1 Å². The van der Waals surface area contributed by atoms with Gasteiger partial charge in [-0.25, -0.2) is 0 Å². The van der Waals surface area contributed by atoms with Gasteiger partial charge in [-0.2, -0.15) is 11.3 Å². The summed E-state index contributed by atoms with van der Waals surface area (Å²) < 4.78 is 27.1. The average molecular weight is 860 g/mol. The van der Waals surface area contributed by atoms with Gasteiger partial charge in [-0.15, -0.1) is 0 Å². The van der Waals surface area contributed by atoms with Crippen LogP contribution in [0.4, 0.5) is 34.1 Å². The molecule has 0 amide bonds. The quantitative estimate of drug-likeness (QED) is 0.159. The van der Waals surface area contributed by atoms with Crippen molar-refractivity contribution >= 4 is 67.9 Å². The van der Waals surface area contributed by atoms with Crippen molar-refractivity contribution in [2.24, 2.45) is 0 Å². The Morgan fingerprint density at radius 3 is 1.83 bits per heavy atom. The predicted octanol–water partition coefficient (Wildman–Crippen LogP) is 15.1. The molecule has 2 nitrogen and oxygen atoms in total. The first-order chi connectivity index (χ1) is 31.4. The van der Waals surface area contributed by atoms with E-state index in [1.165, 1.54) is 76.7 Å². The van der Waals surface area contributed by atoms with E-state index in [0.29, 0.717) is 0 Å². The van der Waals surface area contributed by atoms with Gasteiger partial charge >= 0.3 is 0 Å². The smallest absolute Gasteiger partial charge is 0.264 e. The fourth-order valence-electron chi connectivity index (χ4n) is 10.8. The Hall–Kier alpha value is -5.32. The number of rotatable bonds is 5. The average Bonchev–Trinajstić information content (AvgIpc) is 3.69. The summed E-state index contributed by atoms with van der Waals surface area (Å²) >= 11 is 2.05. The summed E-state index contributed by atoms with van der Waals surface area (Å²) in [6.07, 6.45) is 2.25. The van der Waals surface area contributed by atoms with E-state index in [0.717, 1.165) is 35.3 Å². The van der Waals surface area contributed by atoms with Gasteiger partial charge in [0, 0.05) is 43.4 Å². The molecule has 1 aliphatic carbocycles. The minimum absolute atomic E-state index is 0.0122. The fraction of sp³-hybridized carbons (Fsp3) is 0.333. The number of hydrogen-bond acceptors (Lipinski definition) is 3. The predicted molar refractivity (Wildman–Crippen MR) is 280 cm³/mol. The highest BCUT2D eigenvalue weighted by Gasteiger charge is 2.51. The number of benzene rings is 6. The second-order valence-electron chi connectivity index (χ2n) is 22.8. The van der Waals surface area contributed by atoms with Crippen LogP contribution in [0.15, 0.2) is 133 Å². The summed E-state index contributed by atoms with van der Waals surface area (Å²) in [4.78, 5) is 6.71. The van der Waals surface area contributed by atoms with Gasteiger partial charge in [-0.3, -0.25) is 0 Å². The molecule has 0 saturated heterocycles. The second kappa shape index (κ2) is 14.6. The van der Waals surface area contributed by atoms with Crippen molar-refractivity contribution in [1.29, 1.82) is 0 Å². The van der Waals surface area contributed by atoms with Gasteiger partial charge < -0.3 is 9.80 Å². The van der Waals surface area contributed by atoms with E-state index in [-0.39, 0.29) is 46.5 Å². The summed E-state index contributed by atoms with van der Waals surface area (Å²) in [5.41, 5.74) is 18.9. The van der Waals surface area contributed by atoms with E-state index in [1.54, 1.807) is 12.1 Å². The molecule has 10 rings (SSSR count). The van der Waals surface area contributed by atoms with Gasteiger partial charge in [0.1, 0.15) is 0 Å². The van der Waals surface area contributed by atoms with Gasteiger partial charge in [0.15, 0.2) is 0 Å². The molecule has 6 aromatic carbocycles. The highest BCUT2D eigenvalue weighted by molar-refractivity contribution is 7.29. The Morgan fingerprint density at radius 1 is 0.578 bits per heavy atom. The van der Waals surface area contributed by atoms with Crippen molar-refractivity contribution < 1.29 is 4.11 Å². The molecule has 3 aliphatic rings. The van der Waals surface area contributed by atoms with Crippen LogP contribution in [0.25, 0.3) is 11.1 Å². The van der Waals surface area contributed by atoms with Gasteiger partial charge in [-0.05, 0) is 134 Å². The largest absolute Gasteiger partial charge is 0.311 e. The summed E-state index contributed by atoms with van der Waals surface area (Å²) in [5, 5.41) is 0. The Morgan fingerprint density at radius 2 is 1.17 bits per heavy atom. The second-order valence-corrected chi connectivity index (χ2v) is 23.9. The molecule has 0 radical (unpaired) electrons. The summed E-state index contributed by atoms with van der Waals surface area (Å²) in [5.74, 6) is 0. The standard InChI is InChI=1S/C60H65BN2S/c1-38-34-49-52-50(35-38)63(47-30-26-42(57(5,6)7)36-45(47)39-20-16-14-17-21-39)48-31-27-43(60(12,13)41-22-18-15-19-23-41)37-46(48)61(52)55-53(51-54(64-55)59(10,11)33-32-58(51,8)9)62(49)44-28-24-40(25-29-44)56(2,3)4/h14-31,34-37H,32-33H2,1-13H3/i15D,18D,19D. The first-order valence-electron chi connectivity index (χ1n) is 24.8. The zero-order valence-electron chi connectivity index (χ0n) is 43.3. The van der Waals surface area contributed by atoms with E-state index in [1.807, 2.05) is 11.3 Å². The molecule has 0 fully saturated rings. The minimum Gasteiger partial charge on any atom is -0.311 e. The molecule has 0 spiro atoms. The molecular formula is C60H65BN2S. The van der Waals surface area contributed by atoms with Crippen LogP contribution in [0, 0.1) is 6.92 Å². The Bertz CT molecular complexity index is 3110. The van der Waals surface area contributed by atoms with Crippen LogP contribution in [0.2, 0.25) is 0 Å². The molecule has 4 heteroatoms. The number of thiophene rings is 1. The van der Waals surface area contributed by atoms with Crippen molar-refractivity contribution in [2.45, 2.75) is 130 Å². The summed E-state index contributed by atoms with van der Waals surface area (Å²) in [6.45, 7) is 30.3. The lowest BCUT2D eigenvalue weighted by Gasteiger charge is -2.46. The molecule has 0 atom stereocenters. The van der Waals surface area contributed by atoms with Crippen LogP contribution in [-0.4, -0.2) is 6.71 Å². The molecule has 7 aromatic rings. The number of anilines is 6. The zero-order valence-corrected chi connectivity index (χ0v) is 41.1. The highest BCUT2D eigenvalue weighted by Crippen LogP contribution is 2.57. The molecule has 2 aliphatic heterocycles. The van der Waals surface area contributed by atoms with Crippen LogP contribution in [0.3, 0.4) is 0 Å². The molecule has 1 aromatic heterocycles. The first-order valence-corrected chi connectivity index (χ1v) is 24.2. The fourth-order valence-corrected chi connectivity index (χ4v) is 12.6. The van der Waals surface area contributed by atoms with Crippen molar-refractivity contribution in [3.05, 3.63) is 172 Å². The zero-order chi connectivity index (χ0) is 47.9. The lowest BCUT2D eigenvalue weighted by Crippen LogP contribution is -2.61. The van der Waals surface area contributed by atoms with E-state index in [9.17, 15) is 0 Å². The maximum atomic E-state index is 8.68. The van der Waals surface area contributed by atoms with Gasteiger partial charge in [-0.1, -0.05) is 174 Å². The molecule has 3 heterocycles. The van der Waals surface area contributed by atoms with Crippen LogP contribution in [-0.2, 0) is 27.1 Å². The van der Waals surface area contributed by atoms with Crippen molar-refractivity contribution in [2.75, 3.05) is 9.80 Å². The molecule has 0 saturated carbocycles. The third-order valence-corrected chi connectivity index (χ3v) is 16.5. The Labute approximate surface area is 392 Å². The molecule has 64 heavy (non-hydrogen) atoms. The molecule has 0 N–H and O–H groups in total. The first kappa shape index (κ1) is 39.1. The monoisotopic (exact) mass is 860 g/mol. The molecule has 324 valence electrons. The van der Waals surface area contributed by atoms with E-state index in [2.05, 4.69) is 203 Å². The molecule has 0 bridgehead atoms. The summed E-state index contributed by atoms with van der Waals surface area (Å²) in [7, 11) is 0. The van der Waals surface area contributed by atoms with Gasteiger partial charge in [0.2, 0.25) is 0 Å². The van der Waals surface area contributed by atoms with Crippen molar-refractivity contribution in [3.63, 3.8) is 0 Å².